The standard InChI is InChI=1S/C23H27N3O4/c1-15-11-18(7-8-19(15)21(28)26-9-2-3-10-26)23(22(29)30,13-20(25)27)17-6-4-5-16(12-17)14-24/h4-8,11-12H,2-3,9-10,13-14,24H2,1H3,(H2,25,27)(H,29,30). The SMILES string of the molecule is Cc1cc(C(CC(N)=O)(C(=O)O)c2cccc(CN)c2)ccc1C(=O)N1CCCC1. The van der Waals surface area contributed by atoms with E-state index >= 15 is 0 Å². The quantitative estimate of drug-likeness (QED) is 0.644. The van der Waals surface area contributed by atoms with Crippen molar-refractivity contribution in [2.24, 2.45) is 11.5 Å². The van der Waals surface area contributed by atoms with Gasteiger partial charge in [0.15, 0.2) is 0 Å². The van der Waals surface area contributed by atoms with Crippen molar-refractivity contribution in [1.29, 1.82) is 0 Å². The Labute approximate surface area is 175 Å². The summed E-state index contributed by atoms with van der Waals surface area (Å²) in [5.74, 6) is -1.98. The number of primary amides is 1. The highest BCUT2D eigenvalue weighted by Crippen LogP contribution is 2.37. The van der Waals surface area contributed by atoms with E-state index in [1.165, 1.54) is 0 Å². The number of likely N-dealkylation sites (tertiary alicyclic amines) is 1. The third kappa shape index (κ3) is 3.93. The molecule has 1 atom stereocenters. The highest BCUT2D eigenvalue weighted by atomic mass is 16.4. The number of hydrogen-bond acceptors (Lipinski definition) is 4. The average Bonchev–Trinajstić information content (AvgIpc) is 3.26. The van der Waals surface area contributed by atoms with Crippen LogP contribution in [0.1, 0.15) is 51.9 Å². The molecule has 3 rings (SSSR count). The first-order valence-electron chi connectivity index (χ1n) is 10.0. The van der Waals surface area contributed by atoms with Crippen molar-refractivity contribution in [3.63, 3.8) is 0 Å². The Morgan fingerprint density at radius 1 is 1.07 bits per heavy atom. The van der Waals surface area contributed by atoms with Gasteiger partial charge in [0.1, 0.15) is 5.41 Å². The summed E-state index contributed by atoms with van der Waals surface area (Å²) in [6.45, 7) is 3.47. The largest absolute Gasteiger partial charge is 0.480 e. The van der Waals surface area contributed by atoms with Crippen LogP contribution in [-0.2, 0) is 21.5 Å². The van der Waals surface area contributed by atoms with Crippen LogP contribution in [0.5, 0.6) is 0 Å². The second-order valence-electron chi connectivity index (χ2n) is 7.79. The maximum Gasteiger partial charge on any atom is 0.319 e. The monoisotopic (exact) mass is 409 g/mol. The Morgan fingerprint density at radius 3 is 2.30 bits per heavy atom. The van der Waals surface area contributed by atoms with Crippen LogP contribution in [0.15, 0.2) is 42.5 Å². The predicted octanol–water partition coefficient (Wildman–Crippen LogP) is 1.94. The number of hydrogen-bond donors (Lipinski definition) is 3. The molecule has 2 aromatic carbocycles. The van der Waals surface area contributed by atoms with Crippen LogP contribution < -0.4 is 11.5 Å². The van der Waals surface area contributed by atoms with Gasteiger partial charge in [-0.05, 0) is 48.1 Å². The van der Waals surface area contributed by atoms with Crippen molar-refractivity contribution in [2.45, 2.75) is 38.1 Å². The third-order valence-electron chi connectivity index (χ3n) is 5.80. The number of aliphatic carboxylic acids is 1. The maximum absolute atomic E-state index is 12.8. The van der Waals surface area contributed by atoms with E-state index in [-0.39, 0.29) is 12.5 Å². The van der Waals surface area contributed by atoms with Crippen LogP contribution >= 0.6 is 0 Å². The van der Waals surface area contributed by atoms with Gasteiger partial charge in [0.2, 0.25) is 5.91 Å². The topological polar surface area (TPSA) is 127 Å². The third-order valence-corrected chi connectivity index (χ3v) is 5.80. The van der Waals surface area contributed by atoms with Crippen molar-refractivity contribution in [3.05, 3.63) is 70.3 Å². The summed E-state index contributed by atoms with van der Waals surface area (Å²) in [4.78, 5) is 39.1. The number of rotatable bonds is 7. The molecule has 1 aliphatic rings. The summed E-state index contributed by atoms with van der Waals surface area (Å²) in [6, 6.07) is 11.8. The lowest BCUT2D eigenvalue weighted by atomic mass is 9.71. The molecule has 1 saturated heterocycles. The average molecular weight is 409 g/mol. The number of amides is 2. The van der Waals surface area contributed by atoms with E-state index in [9.17, 15) is 19.5 Å². The Morgan fingerprint density at radius 2 is 1.73 bits per heavy atom. The lowest BCUT2D eigenvalue weighted by molar-refractivity contribution is -0.144. The number of nitrogens with two attached hydrogens (primary N) is 2. The van der Waals surface area contributed by atoms with Crippen molar-refractivity contribution >= 4 is 17.8 Å². The summed E-state index contributed by atoms with van der Waals surface area (Å²) >= 11 is 0. The molecule has 0 radical (unpaired) electrons. The van der Waals surface area contributed by atoms with Gasteiger partial charge in [-0.15, -0.1) is 0 Å². The molecule has 0 aliphatic carbocycles. The summed E-state index contributed by atoms with van der Waals surface area (Å²) in [6.07, 6.45) is 1.57. The number of carboxylic acid groups (broad SMARTS) is 1. The van der Waals surface area contributed by atoms with Crippen LogP contribution in [0, 0.1) is 6.92 Å². The Hall–Kier alpha value is -3.19. The zero-order valence-electron chi connectivity index (χ0n) is 17.1. The molecule has 1 aliphatic heterocycles. The van der Waals surface area contributed by atoms with E-state index in [1.807, 2.05) is 0 Å². The van der Waals surface area contributed by atoms with Crippen LogP contribution in [0.25, 0.3) is 0 Å². The molecule has 7 heteroatoms. The molecule has 1 unspecified atom stereocenters. The van der Waals surface area contributed by atoms with Gasteiger partial charge in [0.25, 0.3) is 5.91 Å². The van der Waals surface area contributed by atoms with E-state index in [1.54, 1.807) is 54.3 Å². The highest BCUT2D eigenvalue weighted by Gasteiger charge is 2.44. The highest BCUT2D eigenvalue weighted by molar-refractivity contribution is 5.97. The molecular formula is C23H27N3O4. The Kier molecular flexibility index (Phi) is 6.22. The van der Waals surface area contributed by atoms with Crippen molar-refractivity contribution in [3.8, 4) is 0 Å². The second-order valence-corrected chi connectivity index (χ2v) is 7.79. The molecule has 5 N–H and O–H groups in total. The summed E-state index contributed by atoms with van der Waals surface area (Å²) in [7, 11) is 0. The Bertz CT molecular complexity index is 982. The number of nitrogens with zero attached hydrogens (tertiary/aromatic N) is 1. The molecule has 30 heavy (non-hydrogen) atoms. The fourth-order valence-corrected chi connectivity index (χ4v) is 4.18. The summed E-state index contributed by atoms with van der Waals surface area (Å²) < 4.78 is 0. The van der Waals surface area contributed by atoms with Gasteiger partial charge >= 0.3 is 5.97 Å². The number of carbonyl (C=O) groups is 3. The van der Waals surface area contributed by atoms with Gasteiger partial charge < -0.3 is 21.5 Å². The maximum atomic E-state index is 12.8. The first kappa shape index (κ1) is 21.5. The molecule has 0 bridgehead atoms. The molecule has 0 aromatic heterocycles. The number of carboxylic acids is 1. The van der Waals surface area contributed by atoms with E-state index in [0.29, 0.717) is 22.3 Å². The normalized spacial score (nSPS) is 15.6. The van der Waals surface area contributed by atoms with Crippen molar-refractivity contribution in [1.82, 2.24) is 4.90 Å². The fourth-order valence-electron chi connectivity index (χ4n) is 4.18. The minimum atomic E-state index is -1.67. The molecule has 2 amide bonds. The lowest BCUT2D eigenvalue weighted by Gasteiger charge is -2.30. The number of carbonyl (C=O) groups excluding carboxylic acids is 2. The minimum absolute atomic E-state index is 0.0579. The van der Waals surface area contributed by atoms with Gasteiger partial charge in [-0.3, -0.25) is 14.4 Å². The minimum Gasteiger partial charge on any atom is -0.480 e. The molecule has 158 valence electrons. The first-order valence-corrected chi connectivity index (χ1v) is 10.0. The molecule has 0 spiro atoms. The zero-order chi connectivity index (χ0) is 21.9. The van der Waals surface area contributed by atoms with Gasteiger partial charge in [-0.2, -0.15) is 0 Å². The molecule has 1 heterocycles. The first-order chi connectivity index (χ1) is 14.3. The lowest BCUT2D eigenvalue weighted by Crippen LogP contribution is -2.41. The molecular weight excluding hydrogens is 382 g/mol. The van der Waals surface area contributed by atoms with Crippen LogP contribution in [-0.4, -0.2) is 40.9 Å². The summed E-state index contributed by atoms with van der Waals surface area (Å²) in [5, 5.41) is 10.3. The van der Waals surface area contributed by atoms with Crippen LogP contribution in [0.3, 0.4) is 0 Å². The second kappa shape index (κ2) is 8.67. The Balaban J connectivity index is 2.13. The van der Waals surface area contributed by atoms with E-state index in [0.717, 1.165) is 31.5 Å². The van der Waals surface area contributed by atoms with Gasteiger partial charge in [0.05, 0.1) is 6.42 Å². The molecule has 0 saturated carbocycles. The van der Waals surface area contributed by atoms with Gasteiger partial charge in [-0.25, -0.2) is 0 Å². The number of aryl methyl sites for hydroxylation is 1. The van der Waals surface area contributed by atoms with Crippen LogP contribution in [0.4, 0.5) is 0 Å². The fraction of sp³-hybridized carbons (Fsp3) is 0.348. The smallest absolute Gasteiger partial charge is 0.319 e. The zero-order valence-corrected chi connectivity index (χ0v) is 17.1. The van der Waals surface area contributed by atoms with Crippen molar-refractivity contribution < 1.29 is 19.5 Å². The summed E-state index contributed by atoms with van der Waals surface area (Å²) in [5.41, 5.74) is 12.3. The van der Waals surface area contributed by atoms with E-state index in [4.69, 9.17) is 11.5 Å². The van der Waals surface area contributed by atoms with E-state index < -0.39 is 23.7 Å². The molecule has 7 nitrogen and oxygen atoms in total. The van der Waals surface area contributed by atoms with Gasteiger partial charge in [0, 0.05) is 25.2 Å². The predicted molar refractivity (Wildman–Crippen MR) is 113 cm³/mol. The van der Waals surface area contributed by atoms with Crippen LogP contribution in [0.2, 0.25) is 0 Å². The van der Waals surface area contributed by atoms with Gasteiger partial charge in [-0.1, -0.05) is 36.4 Å². The molecule has 2 aromatic rings. The van der Waals surface area contributed by atoms with E-state index in [2.05, 4.69) is 0 Å². The number of benzene rings is 2. The molecule has 1 fully saturated rings. The van der Waals surface area contributed by atoms with Crippen molar-refractivity contribution in [2.75, 3.05) is 13.1 Å².